The first-order valence-corrected chi connectivity index (χ1v) is 6.53. The van der Waals surface area contributed by atoms with E-state index in [-0.39, 0.29) is 0 Å². The Hall–Kier alpha value is -1.000. The van der Waals surface area contributed by atoms with E-state index in [1.807, 2.05) is 31.3 Å². The van der Waals surface area contributed by atoms with Gasteiger partial charge in [-0.05, 0) is 48.0 Å². The number of hydrogen-bond acceptors (Lipinski definition) is 2. The number of imidazole rings is 1. The molecule has 1 aromatic heterocycles. The third-order valence-corrected chi connectivity index (χ3v) is 3.63. The monoisotopic (exact) mass is 313 g/mol. The summed E-state index contributed by atoms with van der Waals surface area (Å²) >= 11 is 9.35. The SMILES string of the molecule is CCn1cc(C)nc1Nc1ccc(Cl)c(Br)c1. The normalized spacial score (nSPS) is 10.6. The van der Waals surface area contributed by atoms with Crippen LogP contribution in [0.15, 0.2) is 28.9 Å². The molecule has 0 bridgehead atoms. The van der Waals surface area contributed by atoms with Crippen LogP contribution in [0.4, 0.5) is 11.6 Å². The van der Waals surface area contributed by atoms with Crippen LogP contribution in [-0.4, -0.2) is 9.55 Å². The van der Waals surface area contributed by atoms with Gasteiger partial charge in [-0.1, -0.05) is 11.6 Å². The van der Waals surface area contributed by atoms with E-state index in [4.69, 9.17) is 11.6 Å². The number of rotatable bonds is 3. The van der Waals surface area contributed by atoms with Crippen LogP contribution in [-0.2, 0) is 6.54 Å². The van der Waals surface area contributed by atoms with Gasteiger partial charge in [0.1, 0.15) is 0 Å². The molecule has 2 rings (SSSR count). The standard InChI is InChI=1S/C12H13BrClN3/c1-3-17-7-8(2)15-12(17)16-9-4-5-11(14)10(13)6-9/h4-7H,3H2,1-2H3,(H,15,16). The Bertz CT molecular complexity index is 537. The van der Waals surface area contributed by atoms with Crippen LogP contribution in [0.25, 0.3) is 0 Å². The van der Waals surface area contributed by atoms with Gasteiger partial charge in [0.15, 0.2) is 0 Å². The smallest absolute Gasteiger partial charge is 0.207 e. The van der Waals surface area contributed by atoms with E-state index in [2.05, 4.69) is 37.7 Å². The highest BCUT2D eigenvalue weighted by molar-refractivity contribution is 9.10. The topological polar surface area (TPSA) is 29.9 Å². The second-order valence-corrected chi connectivity index (χ2v) is 5.01. The lowest BCUT2D eigenvalue weighted by Gasteiger charge is -2.08. The zero-order valence-electron chi connectivity index (χ0n) is 9.67. The van der Waals surface area contributed by atoms with E-state index in [9.17, 15) is 0 Å². The molecule has 0 saturated carbocycles. The molecule has 0 atom stereocenters. The molecule has 0 aliphatic rings. The largest absolute Gasteiger partial charge is 0.326 e. The van der Waals surface area contributed by atoms with Gasteiger partial charge >= 0.3 is 0 Å². The maximum atomic E-state index is 5.95. The molecular weight excluding hydrogens is 302 g/mol. The van der Waals surface area contributed by atoms with Gasteiger partial charge in [0.05, 0.1) is 10.7 Å². The fourth-order valence-corrected chi connectivity index (χ4v) is 2.09. The Morgan fingerprint density at radius 3 is 2.88 bits per heavy atom. The number of halogens is 2. The summed E-state index contributed by atoms with van der Waals surface area (Å²) in [6, 6.07) is 5.71. The van der Waals surface area contributed by atoms with Crippen LogP contribution in [0.1, 0.15) is 12.6 Å². The highest BCUT2D eigenvalue weighted by Crippen LogP contribution is 2.27. The number of nitrogens with zero attached hydrogens (tertiary/aromatic N) is 2. The van der Waals surface area contributed by atoms with Gasteiger partial charge in [-0.2, -0.15) is 0 Å². The van der Waals surface area contributed by atoms with Crippen molar-refractivity contribution in [3.8, 4) is 0 Å². The molecule has 0 radical (unpaired) electrons. The van der Waals surface area contributed by atoms with E-state index < -0.39 is 0 Å². The van der Waals surface area contributed by atoms with Crippen molar-refractivity contribution in [2.24, 2.45) is 0 Å². The van der Waals surface area contributed by atoms with Crippen LogP contribution >= 0.6 is 27.5 Å². The molecule has 2 aromatic rings. The summed E-state index contributed by atoms with van der Waals surface area (Å²) in [5, 5.41) is 3.98. The third kappa shape index (κ3) is 2.82. The number of hydrogen-bond donors (Lipinski definition) is 1. The molecular formula is C12H13BrClN3. The molecule has 0 amide bonds. The molecule has 90 valence electrons. The van der Waals surface area contributed by atoms with Crippen molar-refractivity contribution in [1.29, 1.82) is 0 Å². The highest BCUT2D eigenvalue weighted by atomic mass is 79.9. The summed E-state index contributed by atoms with van der Waals surface area (Å²) in [5.41, 5.74) is 1.96. The van der Waals surface area contributed by atoms with Gasteiger partial charge in [-0.25, -0.2) is 4.98 Å². The lowest BCUT2D eigenvalue weighted by Crippen LogP contribution is -2.01. The summed E-state index contributed by atoms with van der Waals surface area (Å²) in [7, 11) is 0. The van der Waals surface area contributed by atoms with E-state index in [0.29, 0.717) is 5.02 Å². The Balaban J connectivity index is 2.27. The van der Waals surface area contributed by atoms with Gasteiger partial charge in [-0.15, -0.1) is 0 Å². The summed E-state index contributed by atoms with van der Waals surface area (Å²) in [4.78, 5) is 4.43. The predicted octanol–water partition coefficient (Wildman–Crippen LogP) is 4.37. The first kappa shape index (κ1) is 12.5. The zero-order chi connectivity index (χ0) is 12.4. The quantitative estimate of drug-likeness (QED) is 0.911. The lowest BCUT2D eigenvalue weighted by molar-refractivity contribution is 0.771. The van der Waals surface area contributed by atoms with Crippen molar-refractivity contribution in [3.05, 3.63) is 39.6 Å². The minimum absolute atomic E-state index is 0.700. The summed E-state index contributed by atoms with van der Waals surface area (Å²) in [6.07, 6.45) is 2.02. The average molecular weight is 315 g/mol. The van der Waals surface area contributed by atoms with Gasteiger partial charge in [0, 0.05) is 22.9 Å². The van der Waals surface area contributed by atoms with Crippen molar-refractivity contribution in [1.82, 2.24) is 9.55 Å². The molecule has 0 fully saturated rings. The van der Waals surface area contributed by atoms with E-state index in [1.165, 1.54) is 0 Å². The van der Waals surface area contributed by atoms with Crippen LogP contribution in [0.3, 0.4) is 0 Å². The molecule has 3 nitrogen and oxygen atoms in total. The lowest BCUT2D eigenvalue weighted by atomic mass is 10.3. The van der Waals surface area contributed by atoms with Crippen molar-refractivity contribution >= 4 is 39.2 Å². The second-order valence-electron chi connectivity index (χ2n) is 3.75. The van der Waals surface area contributed by atoms with Crippen LogP contribution in [0, 0.1) is 6.92 Å². The molecule has 5 heteroatoms. The summed E-state index contributed by atoms with van der Waals surface area (Å²) in [5.74, 6) is 0.847. The van der Waals surface area contributed by atoms with Gasteiger partial charge in [0.25, 0.3) is 0 Å². The number of benzene rings is 1. The summed E-state index contributed by atoms with van der Waals surface area (Å²) < 4.78 is 2.94. The predicted molar refractivity (Wildman–Crippen MR) is 75.1 cm³/mol. The summed E-state index contributed by atoms with van der Waals surface area (Å²) in [6.45, 7) is 4.96. The molecule has 0 spiro atoms. The molecule has 0 aliphatic carbocycles. The Labute approximate surface area is 114 Å². The first-order valence-electron chi connectivity index (χ1n) is 5.36. The first-order chi connectivity index (χ1) is 8.10. The molecule has 0 saturated heterocycles. The number of aromatic nitrogens is 2. The maximum absolute atomic E-state index is 5.95. The maximum Gasteiger partial charge on any atom is 0.207 e. The fraction of sp³-hybridized carbons (Fsp3) is 0.250. The van der Waals surface area contributed by atoms with Crippen molar-refractivity contribution in [2.45, 2.75) is 20.4 Å². The molecule has 1 heterocycles. The van der Waals surface area contributed by atoms with Crippen molar-refractivity contribution in [2.75, 3.05) is 5.32 Å². The zero-order valence-corrected chi connectivity index (χ0v) is 12.0. The van der Waals surface area contributed by atoms with Gasteiger partial charge in [-0.3, -0.25) is 0 Å². The number of anilines is 2. The Morgan fingerprint density at radius 2 is 2.24 bits per heavy atom. The van der Waals surface area contributed by atoms with Gasteiger partial charge < -0.3 is 9.88 Å². The molecule has 1 N–H and O–H groups in total. The van der Waals surface area contributed by atoms with Crippen LogP contribution in [0.2, 0.25) is 5.02 Å². The minimum atomic E-state index is 0.700. The Morgan fingerprint density at radius 1 is 1.47 bits per heavy atom. The third-order valence-electron chi connectivity index (χ3n) is 2.41. The fourth-order valence-electron chi connectivity index (χ4n) is 1.59. The Kier molecular flexibility index (Phi) is 3.74. The van der Waals surface area contributed by atoms with E-state index in [0.717, 1.165) is 28.3 Å². The second kappa shape index (κ2) is 5.10. The molecule has 0 unspecified atom stereocenters. The molecule has 1 aromatic carbocycles. The molecule has 0 aliphatic heterocycles. The van der Waals surface area contributed by atoms with E-state index >= 15 is 0 Å². The highest BCUT2D eigenvalue weighted by Gasteiger charge is 2.05. The van der Waals surface area contributed by atoms with Crippen molar-refractivity contribution < 1.29 is 0 Å². The van der Waals surface area contributed by atoms with Crippen molar-refractivity contribution in [3.63, 3.8) is 0 Å². The van der Waals surface area contributed by atoms with E-state index in [1.54, 1.807) is 0 Å². The average Bonchev–Trinajstić information content (AvgIpc) is 2.64. The molecule has 17 heavy (non-hydrogen) atoms. The van der Waals surface area contributed by atoms with Crippen LogP contribution in [0.5, 0.6) is 0 Å². The minimum Gasteiger partial charge on any atom is -0.326 e. The van der Waals surface area contributed by atoms with Crippen LogP contribution < -0.4 is 5.32 Å². The number of aryl methyl sites for hydroxylation is 2. The van der Waals surface area contributed by atoms with Gasteiger partial charge in [0.2, 0.25) is 5.95 Å². The number of nitrogens with one attached hydrogen (secondary N) is 1.